The van der Waals surface area contributed by atoms with Gasteiger partial charge in [0, 0.05) is 19.2 Å². The largest absolute Gasteiger partial charge is 0.320 e. The third-order valence-corrected chi connectivity index (χ3v) is 5.49. The number of thiophene rings is 1. The molecule has 102 valence electrons. The second-order valence-corrected chi connectivity index (χ2v) is 8.00. The van der Waals surface area contributed by atoms with Crippen molar-refractivity contribution in [2.75, 3.05) is 0 Å². The molecule has 2 rings (SSSR count). The molecule has 1 heterocycles. The van der Waals surface area contributed by atoms with E-state index < -0.39 is 0 Å². The Kier molecular flexibility index (Phi) is 4.41. The molecule has 4 heteroatoms. The molecule has 0 saturated heterocycles. The topological polar surface area (TPSA) is 26.0 Å². The Morgan fingerprint density at radius 2 is 1.89 bits per heavy atom. The summed E-state index contributed by atoms with van der Waals surface area (Å²) in [6.45, 7) is 6.64. The molecular weight excluding hydrogens is 342 g/mol. The van der Waals surface area contributed by atoms with E-state index in [9.17, 15) is 0 Å². The Morgan fingerprint density at radius 1 is 1.21 bits per heavy atom. The Balaban J connectivity index is 2.34. The third-order valence-electron chi connectivity index (χ3n) is 2.97. The first-order valence-corrected chi connectivity index (χ1v) is 8.08. The summed E-state index contributed by atoms with van der Waals surface area (Å²) < 4.78 is 0.957. The molecule has 1 aromatic heterocycles. The van der Waals surface area contributed by atoms with Crippen molar-refractivity contribution in [3.63, 3.8) is 0 Å². The van der Waals surface area contributed by atoms with Crippen LogP contribution in [0.25, 0.3) is 0 Å². The van der Waals surface area contributed by atoms with Crippen molar-refractivity contribution in [3.8, 4) is 0 Å². The van der Waals surface area contributed by atoms with Gasteiger partial charge >= 0.3 is 0 Å². The molecule has 0 fully saturated rings. The van der Waals surface area contributed by atoms with Crippen LogP contribution >= 0.6 is 38.9 Å². The summed E-state index contributed by atoms with van der Waals surface area (Å²) in [5, 5.41) is 0.712. The molecule has 0 saturated carbocycles. The van der Waals surface area contributed by atoms with Crippen LogP contribution in [0.4, 0.5) is 0 Å². The Labute approximate surface area is 131 Å². The van der Waals surface area contributed by atoms with Gasteiger partial charge in [-0.05, 0) is 35.2 Å². The molecule has 1 nitrogen and oxygen atoms in total. The SMILES string of the molecule is CC(C)(C)c1ccc(C(N)c2ccc(Cl)cc2Br)s1. The van der Waals surface area contributed by atoms with Gasteiger partial charge in [0.2, 0.25) is 0 Å². The lowest BCUT2D eigenvalue weighted by molar-refractivity contribution is 0.604. The van der Waals surface area contributed by atoms with Crippen LogP contribution in [0, 0.1) is 0 Å². The van der Waals surface area contributed by atoms with E-state index in [1.165, 1.54) is 9.75 Å². The van der Waals surface area contributed by atoms with E-state index in [2.05, 4.69) is 48.8 Å². The second-order valence-electron chi connectivity index (χ2n) is 5.60. The molecule has 0 aliphatic rings. The van der Waals surface area contributed by atoms with Crippen LogP contribution in [0.3, 0.4) is 0 Å². The van der Waals surface area contributed by atoms with Crippen LogP contribution in [-0.2, 0) is 5.41 Å². The summed E-state index contributed by atoms with van der Waals surface area (Å²) in [6, 6.07) is 9.91. The number of halogens is 2. The fourth-order valence-electron chi connectivity index (χ4n) is 1.83. The lowest BCUT2D eigenvalue weighted by atomic mass is 9.95. The van der Waals surface area contributed by atoms with Crippen molar-refractivity contribution in [2.24, 2.45) is 5.73 Å². The molecule has 0 bridgehead atoms. The highest BCUT2D eigenvalue weighted by molar-refractivity contribution is 9.10. The van der Waals surface area contributed by atoms with Gasteiger partial charge in [0.1, 0.15) is 0 Å². The molecular formula is C15H17BrClNS. The van der Waals surface area contributed by atoms with Crippen LogP contribution in [-0.4, -0.2) is 0 Å². The normalized spacial score (nSPS) is 13.6. The minimum Gasteiger partial charge on any atom is -0.320 e. The van der Waals surface area contributed by atoms with Gasteiger partial charge in [0.15, 0.2) is 0 Å². The highest BCUT2D eigenvalue weighted by atomic mass is 79.9. The van der Waals surface area contributed by atoms with Crippen molar-refractivity contribution < 1.29 is 0 Å². The summed E-state index contributed by atoms with van der Waals surface area (Å²) in [5.74, 6) is 0. The van der Waals surface area contributed by atoms with E-state index in [4.69, 9.17) is 17.3 Å². The predicted molar refractivity (Wildman–Crippen MR) is 88.2 cm³/mol. The van der Waals surface area contributed by atoms with E-state index in [1.807, 2.05) is 18.2 Å². The number of rotatable bonds is 2. The molecule has 0 amide bonds. The molecule has 0 aliphatic heterocycles. The molecule has 1 aromatic carbocycles. The fourth-order valence-corrected chi connectivity index (χ4v) is 3.85. The maximum absolute atomic E-state index is 6.36. The second kappa shape index (κ2) is 5.57. The predicted octanol–water partition coefficient (Wildman–Crippen LogP) is 5.51. The maximum atomic E-state index is 6.36. The van der Waals surface area contributed by atoms with Gasteiger partial charge in [0.25, 0.3) is 0 Å². The van der Waals surface area contributed by atoms with Gasteiger partial charge in [-0.15, -0.1) is 11.3 Å². The molecule has 2 N–H and O–H groups in total. The van der Waals surface area contributed by atoms with Crippen molar-refractivity contribution in [1.82, 2.24) is 0 Å². The Bertz CT molecular complexity index is 586. The number of nitrogens with two attached hydrogens (primary N) is 1. The summed E-state index contributed by atoms with van der Waals surface area (Å²) in [5.41, 5.74) is 7.59. The van der Waals surface area contributed by atoms with Gasteiger partial charge in [-0.25, -0.2) is 0 Å². The van der Waals surface area contributed by atoms with Crippen molar-refractivity contribution in [2.45, 2.75) is 32.2 Å². The van der Waals surface area contributed by atoms with Crippen LogP contribution in [0.1, 0.15) is 42.1 Å². The first-order valence-electron chi connectivity index (χ1n) is 6.10. The van der Waals surface area contributed by atoms with E-state index in [0.717, 1.165) is 10.0 Å². The van der Waals surface area contributed by atoms with Crippen molar-refractivity contribution in [1.29, 1.82) is 0 Å². The first kappa shape index (κ1) is 15.0. The van der Waals surface area contributed by atoms with Crippen LogP contribution in [0.2, 0.25) is 5.02 Å². The Hall–Kier alpha value is -0.350. The average Bonchev–Trinajstić information content (AvgIpc) is 2.76. The number of hydrogen-bond donors (Lipinski definition) is 1. The number of hydrogen-bond acceptors (Lipinski definition) is 2. The molecule has 19 heavy (non-hydrogen) atoms. The van der Waals surface area contributed by atoms with Gasteiger partial charge in [-0.2, -0.15) is 0 Å². The fraction of sp³-hybridized carbons (Fsp3) is 0.333. The quantitative estimate of drug-likeness (QED) is 0.752. The molecule has 2 aromatic rings. The zero-order valence-electron chi connectivity index (χ0n) is 11.2. The van der Waals surface area contributed by atoms with Crippen LogP contribution in [0.5, 0.6) is 0 Å². The summed E-state index contributed by atoms with van der Waals surface area (Å²) in [6.07, 6.45) is 0. The molecule has 0 spiro atoms. The zero-order valence-corrected chi connectivity index (χ0v) is 14.4. The third kappa shape index (κ3) is 3.40. The minimum atomic E-state index is -0.118. The standard InChI is InChI=1S/C15H17BrClNS/c1-15(2,3)13-7-6-12(19-13)14(18)10-5-4-9(17)8-11(10)16/h4-8,14H,18H2,1-3H3. The lowest BCUT2D eigenvalue weighted by Crippen LogP contribution is -2.11. The van der Waals surface area contributed by atoms with Gasteiger partial charge in [-0.3, -0.25) is 0 Å². The highest BCUT2D eigenvalue weighted by Crippen LogP contribution is 2.36. The monoisotopic (exact) mass is 357 g/mol. The van der Waals surface area contributed by atoms with Crippen LogP contribution in [0.15, 0.2) is 34.8 Å². The highest BCUT2D eigenvalue weighted by Gasteiger charge is 2.20. The molecule has 1 unspecified atom stereocenters. The smallest absolute Gasteiger partial charge is 0.0657 e. The van der Waals surface area contributed by atoms with Crippen LogP contribution < -0.4 is 5.73 Å². The van der Waals surface area contributed by atoms with Crippen molar-refractivity contribution >= 4 is 38.9 Å². The summed E-state index contributed by atoms with van der Waals surface area (Å²) in [7, 11) is 0. The lowest BCUT2D eigenvalue weighted by Gasteiger charge is -2.16. The first-order chi connectivity index (χ1) is 8.79. The summed E-state index contributed by atoms with van der Waals surface area (Å²) >= 11 is 11.3. The van der Waals surface area contributed by atoms with Crippen molar-refractivity contribution in [3.05, 3.63) is 55.1 Å². The van der Waals surface area contributed by atoms with E-state index in [-0.39, 0.29) is 11.5 Å². The summed E-state index contributed by atoms with van der Waals surface area (Å²) in [4.78, 5) is 2.52. The van der Waals surface area contributed by atoms with E-state index in [1.54, 1.807) is 11.3 Å². The average molecular weight is 359 g/mol. The maximum Gasteiger partial charge on any atom is 0.0657 e. The Morgan fingerprint density at radius 3 is 2.42 bits per heavy atom. The number of benzene rings is 1. The zero-order chi connectivity index (χ0) is 14.2. The molecule has 1 atom stereocenters. The molecule has 0 aliphatic carbocycles. The van der Waals surface area contributed by atoms with E-state index >= 15 is 0 Å². The van der Waals surface area contributed by atoms with Gasteiger partial charge in [0.05, 0.1) is 6.04 Å². The van der Waals surface area contributed by atoms with Gasteiger partial charge < -0.3 is 5.73 Å². The minimum absolute atomic E-state index is 0.118. The van der Waals surface area contributed by atoms with Gasteiger partial charge in [-0.1, -0.05) is 54.4 Å². The molecule has 0 radical (unpaired) electrons. The van der Waals surface area contributed by atoms with E-state index in [0.29, 0.717) is 5.02 Å².